The van der Waals surface area contributed by atoms with E-state index in [1.54, 1.807) is 0 Å². The summed E-state index contributed by atoms with van der Waals surface area (Å²) < 4.78 is 0. The van der Waals surface area contributed by atoms with E-state index < -0.39 is 0 Å². The normalized spacial score (nSPS) is 41.7. The van der Waals surface area contributed by atoms with E-state index in [2.05, 4.69) is 30.6 Å². The molecule has 3 rings (SSSR count). The van der Waals surface area contributed by atoms with Crippen molar-refractivity contribution in [1.82, 2.24) is 9.80 Å². The van der Waals surface area contributed by atoms with Gasteiger partial charge in [-0.2, -0.15) is 0 Å². The Morgan fingerprint density at radius 1 is 0.947 bits per heavy atom. The Labute approximate surface area is 119 Å². The molecular weight excluding hydrogens is 232 g/mol. The van der Waals surface area contributed by atoms with Gasteiger partial charge in [0, 0.05) is 31.2 Å². The third-order valence-corrected chi connectivity index (χ3v) is 5.92. The van der Waals surface area contributed by atoms with Gasteiger partial charge in [0.15, 0.2) is 0 Å². The second-order valence-electron chi connectivity index (χ2n) is 7.72. The molecule has 4 unspecified atom stereocenters. The molecule has 2 nitrogen and oxygen atoms in total. The maximum atomic E-state index is 2.93. The van der Waals surface area contributed by atoms with Crippen LogP contribution >= 0.6 is 0 Å². The Morgan fingerprint density at radius 3 is 2.47 bits per heavy atom. The molecule has 1 saturated carbocycles. The van der Waals surface area contributed by atoms with Crippen molar-refractivity contribution >= 4 is 0 Å². The highest BCUT2D eigenvalue weighted by molar-refractivity contribution is 4.96. The van der Waals surface area contributed by atoms with Crippen molar-refractivity contribution in [3.63, 3.8) is 0 Å². The fourth-order valence-corrected chi connectivity index (χ4v) is 4.72. The molecule has 0 spiro atoms. The predicted octanol–water partition coefficient (Wildman–Crippen LogP) is 3.37. The third kappa shape index (κ3) is 2.85. The summed E-state index contributed by atoms with van der Waals surface area (Å²) in [6.07, 6.45) is 8.71. The van der Waals surface area contributed by atoms with Gasteiger partial charge in [-0.05, 0) is 50.5 Å². The van der Waals surface area contributed by atoms with Gasteiger partial charge in [0.2, 0.25) is 0 Å². The molecule has 0 amide bonds. The molecule has 110 valence electrons. The molecule has 19 heavy (non-hydrogen) atoms. The number of fused-ring (bicyclic) bond motifs is 1. The number of piperidine rings is 1. The summed E-state index contributed by atoms with van der Waals surface area (Å²) in [5, 5.41) is 0. The standard InChI is InChI=1S/C17H32N2/c1-13(2)17-12-18-9-5-4-6-16(18)11-19(17)15-8-7-14(3)10-15/h13-17H,4-12H2,1-3H3. The van der Waals surface area contributed by atoms with Crippen molar-refractivity contribution in [3.8, 4) is 0 Å². The first-order valence-corrected chi connectivity index (χ1v) is 8.65. The smallest absolute Gasteiger partial charge is 0.0249 e. The maximum absolute atomic E-state index is 2.93. The van der Waals surface area contributed by atoms with Crippen molar-refractivity contribution in [2.24, 2.45) is 11.8 Å². The average molecular weight is 264 g/mol. The van der Waals surface area contributed by atoms with Crippen LogP contribution < -0.4 is 0 Å². The molecule has 1 aliphatic carbocycles. The van der Waals surface area contributed by atoms with Gasteiger partial charge in [-0.15, -0.1) is 0 Å². The zero-order valence-corrected chi connectivity index (χ0v) is 13.1. The number of rotatable bonds is 2. The van der Waals surface area contributed by atoms with E-state index in [0.717, 1.165) is 30.0 Å². The van der Waals surface area contributed by atoms with E-state index in [-0.39, 0.29) is 0 Å². The van der Waals surface area contributed by atoms with E-state index in [1.807, 2.05) is 0 Å². The van der Waals surface area contributed by atoms with Crippen LogP contribution in [-0.4, -0.2) is 47.6 Å². The summed E-state index contributed by atoms with van der Waals surface area (Å²) in [6, 6.07) is 2.58. The molecule has 0 aromatic rings. The summed E-state index contributed by atoms with van der Waals surface area (Å²) >= 11 is 0. The minimum atomic E-state index is 0.804. The van der Waals surface area contributed by atoms with Gasteiger partial charge in [-0.1, -0.05) is 27.2 Å². The molecule has 0 aromatic carbocycles. The van der Waals surface area contributed by atoms with Crippen LogP contribution in [0.5, 0.6) is 0 Å². The summed E-state index contributed by atoms with van der Waals surface area (Å²) in [5.74, 6) is 1.76. The number of hydrogen-bond acceptors (Lipinski definition) is 2. The Bertz CT molecular complexity index is 302. The van der Waals surface area contributed by atoms with Crippen LogP contribution in [0, 0.1) is 11.8 Å². The molecule has 4 atom stereocenters. The third-order valence-electron chi connectivity index (χ3n) is 5.92. The van der Waals surface area contributed by atoms with Crippen molar-refractivity contribution in [2.45, 2.75) is 77.4 Å². The largest absolute Gasteiger partial charge is 0.298 e. The highest BCUT2D eigenvalue weighted by Crippen LogP contribution is 2.35. The van der Waals surface area contributed by atoms with Crippen LogP contribution in [0.3, 0.4) is 0 Å². The summed E-state index contributed by atoms with van der Waals surface area (Å²) in [4.78, 5) is 5.74. The van der Waals surface area contributed by atoms with Gasteiger partial charge in [-0.25, -0.2) is 0 Å². The topological polar surface area (TPSA) is 6.48 Å². The van der Waals surface area contributed by atoms with Gasteiger partial charge < -0.3 is 0 Å². The average Bonchev–Trinajstić information content (AvgIpc) is 2.83. The highest BCUT2D eigenvalue weighted by atomic mass is 15.3. The van der Waals surface area contributed by atoms with Crippen molar-refractivity contribution in [3.05, 3.63) is 0 Å². The van der Waals surface area contributed by atoms with Crippen LogP contribution in [-0.2, 0) is 0 Å². The van der Waals surface area contributed by atoms with Crippen LogP contribution in [0.2, 0.25) is 0 Å². The monoisotopic (exact) mass is 264 g/mol. The Kier molecular flexibility index (Phi) is 4.19. The molecule has 2 saturated heterocycles. The minimum absolute atomic E-state index is 0.804. The summed E-state index contributed by atoms with van der Waals surface area (Å²) in [6.45, 7) is 11.4. The van der Waals surface area contributed by atoms with Gasteiger partial charge in [0.25, 0.3) is 0 Å². The quantitative estimate of drug-likeness (QED) is 0.754. The zero-order valence-electron chi connectivity index (χ0n) is 13.1. The SMILES string of the molecule is CC1CCC(N2CC3CCCCN3CC2C(C)C)C1. The van der Waals surface area contributed by atoms with E-state index >= 15 is 0 Å². The van der Waals surface area contributed by atoms with Crippen molar-refractivity contribution < 1.29 is 0 Å². The van der Waals surface area contributed by atoms with E-state index in [4.69, 9.17) is 0 Å². The Hall–Kier alpha value is -0.0800. The molecule has 0 N–H and O–H groups in total. The maximum Gasteiger partial charge on any atom is 0.0249 e. The molecule has 3 fully saturated rings. The number of hydrogen-bond donors (Lipinski definition) is 0. The number of nitrogens with zero attached hydrogens (tertiary/aromatic N) is 2. The lowest BCUT2D eigenvalue weighted by Gasteiger charge is -2.52. The minimum Gasteiger partial charge on any atom is -0.298 e. The lowest BCUT2D eigenvalue weighted by Crippen LogP contribution is -2.62. The predicted molar refractivity (Wildman–Crippen MR) is 81.3 cm³/mol. The van der Waals surface area contributed by atoms with E-state index in [9.17, 15) is 0 Å². The van der Waals surface area contributed by atoms with E-state index in [1.165, 1.54) is 58.2 Å². The highest BCUT2D eigenvalue weighted by Gasteiger charge is 2.40. The van der Waals surface area contributed by atoms with Gasteiger partial charge in [0.1, 0.15) is 0 Å². The van der Waals surface area contributed by atoms with Crippen molar-refractivity contribution in [1.29, 1.82) is 0 Å². The van der Waals surface area contributed by atoms with Gasteiger partial charge in [-0.3, -0.25) is 9.80 Å². The Balaban J connectivity index is 1.72. The summed E-state index contributed by atoms with van der Waals surface area (Å²) in [7, 11) is 0. The molecule has 0 bridgehead atoms. The fraction of sp³-hybridized carbons (Fsp3) is 1.00. The lowest BCUT2D eigenvalue weighted by molar-refractivity contribution is -0.0293. The number of piperazine rings is 1. The zero-order chi connectivity index (χ0) is 13.4. The molecular formula is C17H32N2. The van der Waals surface area contributed by atoms with Crippen LogP contribution in [0.15, 0.2) is 0 Å². The van der Waals surface area contributed by atoms with E-state index in [0.29, 0.717) is 0 Å². The van der Waals surface area contributed by atoms with Gasteiger partial charge >= 0.3 is 0 Å². The van der Waals surface area contributed by atoms with Crippen LogP contribution in [0.4, 0.5) is 0 Å². The summed E-state index contributed by atoms with van der Waals surface area (Å²) in [5.41, 5.74) is 0. The molecule has 2 aliphatic heterocycles. The molecule has 2 heterocycles. The second-order valence-corrected chi connectivity index (χ2v) is 7.72. The van der Waals surface area contributed by atoms with Crippen molar-refractivity contribution in [2.75, 3.05) is 19.6 Å². The lowest BCUT2D eigenvalue weighted by atomic mass is 9.90. The Morgan fingerprint density at radius 2 is 1.79 bits per heavy atom. The molecule has 2 heteroatoms. The fourth-order valence-electron chi connectivity index (χ4n) is 4.72. The first kappa shape index (κ1) is 13.9. The molecule has 0 aromatic heterocycles. The molecule has 0 radical (unpaired) electrons. The van der Waals surface area contributed by atoms with Crippen LogP contribution in [0.25, 0.3) is 0 Å². The first-order chi connectivity index (χ1) is 9.15. The second kappa shape index (κ2) is 5.73. The molecule has 3 aliphatic rings. The first-order valence-electron chi connectivity index (χ1n) is 8.65. The van der Waals surface area contributed by atoms with Gasteiger partial charge in [0.05, 0.1) is 0 Å². The van der Waals surface area contributed by atoms with Crippen LogP contribution in [0.1, 0.15) is 59.3 Å².